The van der Waals surface area contributed by atoms with Gasteiger partial charge in [-0.1, -0.05) is 18.2 Å². The fraction of sp³-hybridized carbons (Fsp3) is 0.429. The molecule has 1 aliphatic rings. The van der Waals surface area contributed by atoms with Gasteiger partial charge >= 0.3 is 0 Å². The molecule has 0 radical (unpaired) electrons. The van der Waals surface area contributed by atoms with Crippen LogP contribution in [0.15, 0.2) is 30.3 Å². The second-order valence-electron chi connectivity index (χ2n) is 4.81. The number of hydrazine groups is 1. The number of benzene rings is 1. The van der Waals surface area contributed by atoms with Gasteiger partial charge < -0.3 is 4.74 Å². The van der Waals surface area contributed by atoms with E-state index in [9.17, 15) is 0 Å². The molecule has 0 saturated carbocycles. The van der Waals surface area contributed by atoms with Crippen LogP contribution in [0.3, 0.4) is 0 Å². The van der Waals surface area contributed by atoms with E-state index in [2.05, 4.69) is 35.8 Å². The molecule has 0 aliphatic carbocycles. The summed E-state index contributed by atoms with van der Waals surface area (Å²) in [6.07, 6.45) is 2.32. The van der Waals surface area contributed by atoms with E-state index < -0.39 is 0 Å². The van der Waals surface area contributed by atoms with Crippen LogP contribution in [0.1, 0.15) is 23.8 Å². The molecular formula is C14H18N2OS. The van der Waals surface area contributed by atoms with Gasteiger partial charge in [0, 0.05) is 22.1 Å². The van der Waals surface area contributed by atoms with Crippen molar-refractivity contribution in [2.45, 2.75) is 18.9 Å². The van der Waals surface area contributed by atoms with Crippen molar-refractivity contribution in [1.82, 2.24) is 5.43 Å². The number of rotatable bonds is 3. The third-order valence-electron chi connectivity index (χ3n) is 3.60. The molecule has 96 valence electrons. The fourth-order valence-corrected chi connectivity index (χ4v) is 3.85. The molecule has 18 heavy (non-hydrogen) atoms. The minimum Gasteiger partial charge on any atom is -0.381 e. The Morgan fingerprint density at radius 2 is 2.28 bits per heavy atom. The van der Waals surface area contributed by atoms with Crippen molar-refractivity contribution < 1.29 is 4.74 Å². The van der Waals surface area contributed by atoms with Crippen molar-refractivity contribution in [1.29, 1.82) is 0 Å². The molecule has 1 aromatic heterocycles. The molecule has 0 spiro atoms. The molecule has 4 heteroatoms. The van der Waals surface area contributed by atoms with E-state index in [4.69, 9.17) is 10.6 Å². The van der Waals surface area contributed by atoms with E-state index in [1.165, 1.54) is 21.4 Å². The van der Waals surface area contributed by atoms with Crippen LogP contribution < -0.4 is 11.3 Å². The third-order valence-corrected chi connectivity index (χ3v) is 4.80. The number of hydrogen-bond acceptors (Lipinski definition) is 4. The summed E-state index contributed by atoms with van der Waals surface area (Å²) >= 11 is 1.83. The lowest BCUT2D eigenvalue weighted by atomic mass is 9.93. The number of thiophene rings is 1. The minimum absolute atomic E-state index is 0.211. The molecule has 3 nitrogen and oxygen atoms in total. The van der Waals surface area contributed by atoms with Crippen LogP contribution in [-0.4, -0.2) is 13.2 Å². The Morgan fingerprint density at radius 1 is 1.39 bits per heavy atom. The molecule has 2 atom stereocenters. The minimum atomic E-state index is 0.211. The van der Waals surface area contributed by atoms with Gasteiger partial charge in [0.25, 0.3) is 0 Å². The molecule has 3 N–H and O–H groups in total. The first-order valence-electron chi connectivity index (χ1n) is 6.41. The summed E-state index contributed by atoms with van der Waals surface area (Å²) in [6.45, 7) is 1.70. The van der Waals surface area contributed by atoms with Gasteiger partial charge in [-0.05, 0) is 30.4 Å². The summed E-state index contributed by atoms with van der Waals surface area (Å²) in [4.78, 5) is 1.31. The maximum atomic E-state index is 5.76. The maximum absolute atomic E-state index is 5.76. The van der Waals surface area contributed by atoms with E-state index in [-0.39, 0.29) is 6.04 Å². The van der Waals surface area contributed by atoms with Crippen LogP contribution >= 0.6 is 11.3 Å². The first-order chi connectivity index (χ1) is 8.88. The summed E-state index contributed by atoms with van der Waals surface area (Å²) in [5.41, 5.74) is 2.98. The van der Waals surface area contributed by atoms with Crippen molar-refractivity contribution in [2.75, 3.05) is 13.2 Å². The zero-order chi connectivity index (χ0) is 12.4. The number of hydrogen-bond donors (Lipinski definition) is 2. The molecule has 2 aromatic rings. The Morgan fingerprint density at radius 3 is 3.00 bits per heavy atom. The molecule has 3 rings (SSSR count). The Balaban J connectivity index is 1.90. The summed E-state index contributed by atoms with van der Waals surface area (Å²) in [5, 5.41) is 1.30. The third kappa shape index (κ3) is 2.29. The average molecular weight is 262 g/mol. The normalized spacial score (nSPS) is 22.2. The monoisotopic (exact) mass is 262 g/mol. The first kappa shape index (κ1) is 12.1. The van der Waals surface area contributed by atoms with Crippen molar-refractivity contribution in [3.8, 4) is 0 Å². The number of nitrogens with one attached hydrogen (secondary N) is 1. The molecule has 1 aliphatic heterocycles. The first-order valence-corrected chi connectivity index (χ1v) is 7.22. The van der Waals surface area contributed by atoms with Gasteiger partial charge in [-0.25, -0.2) is 0 Å². The van der Waals surface area contributed by atoms with Gasteiger partial charge in [0.1, 0.15) is 0 Å². The largest absolute Gasteiger partial charge is 0.381 e. The predicted octanol–water partition coefficient (Wildman–Crippen LogP) is 2.83. The Bertz CT molecular complexity index is 486. The summed E-state index contributed by atoms with van der Waals surface area (Å²) < 4.78 is 6.89. The van der Waals surface area contributed by atoms with E-state index in [0.29, 0.717) is 5.92 Å². The van der Waals surface area contributed by atoms with Gasteiger partial charge in [0.15, 0.2) is 0 Å². The van der Waals surface area contributed by atoms with E-state index >= 15 is 0 Å². The van der Waals surface area contributed by atoms with Crippen LogP contribution in [-0.2, 0) is 4.74 Å². The zero-order valence-corrected chi connectivity index (χ0v) is 11.1. The van der Waals surface area contributed by atoms with Gasteiger partial charge in [0.2, 0.25) is 0 Å². The molecule has 1 fully saturated rings. The number of ether oxygens (including phenoxy) is 1. The highest BCUT2D eigenvalue weighted by Gasteiger charge is 2.26. The van der Waals surface area contributed by atoms with Crippen LogP contribution in [0, 0.1) is 5.92 Å². The molecule has 1 saturated heterocycles. The quantitative estimate of drug-likeness (QED) is 0.660. The SMILES string of the molecule is NNC(c1cc2ccccc2s1)C1CCCOC1. The maximum Gasteiger partial charge on any atom is 0.0603 e. The lowest BCUT2D eigenvalue weighted by Gasteiger charge is -2.29. The van der Waals surface area contributed by atoms with Gasteiger partial charge in [-0.15, -0.1) is 11.3 Å². The Hall–Kier alpha value is -0.940. The topological polar surface area (TPSA) is 47.3 Å². The van der Waals surface area contributed by atoms with E-state index in [1.807, 2.05) is 11.3 Å². The lowest BCUT2D eigenvalue weighted by Crippen LogP contribution is -2.36. The fourth-order valence-electron chi connectivity index (χ4n) is 2.63. The van der Waals surface area contributed by atoms with Crippen molar-refractivity contribution in [3.63, 3.8) is 0 Å². The van der Waals surface area contributed by atoms with E-state index in [1.54, 1.807) is 0 Å². The summed E-state index contributed by atoms with van der Waals surface area (Å²) in [5.74, 6) is 6.24. The van der Waals surface area contributed by atoms with Gasteiger partial charge in [0.05, 0.1) is 12.6 Å². The van der Waals surface area contributed by atoms with Crippen LogP contribution in [0.25, 0.3) is 10.1 Å². The average Bonchev–Trinajstić information content (AvgIpc) is 2.84. The number of nitrogens with two attached hydrogens (primary N) is 1. The molecule has 0 amide bonds. The van der Waals surface area contributed by atoms with Crippen molar-refractivity contribution in [3.05, 3.63) is 35.2 Å². The smallest absolute Gasteiger partial charge is 0.0603 e. The molecular weight excluding hydrogens is 244 g/mol. The van der Waals surface area contributed by atoms with Crippen molar-refractivity contribution in [2.24, 2.45) is 11.8 Å². The standard InChI is InChI=1S/C14H18N2OS/c15-16-14(11-5-3-7-17-9-11)13-8-10-4-1-2-6-12(10)18-13/h1-2,4,6,8,11,14,16H,3,5,7,9,15H2. The second-order valence-corrected chi connectivity index (χ2v) is 5.92. The molecule has 0 bridgehead atoms. The zero-order valence-electron chi connectivity index (χ0n) is 10.3. The Kier molecular flexibility index (Phi) is 3.61. The highest BCUT2D eigenvalue weighted by Crippen LogP contribution is 2.35. The predicted molar refractivity (Wildman–Crippen MR) is 75.4 cm³/mol. The highest BCUT2D eigenvalue weighted by molar-refractivity contribution is 7.19. The Labute approximate surface area is 111 Å². The van der Waals surface area contributed by atoms with Crippen LogP contribution in [0.2, 0.25) is 0 Å². The molecule has 2 unspecified atom stereocenters. The molecule has 2 heterocycles. The second kappa shape index (κ2) is 5.36. The van der Waals surface area contributed by atoms with Crippen LogP contribution in [0.4, 0.5) is 0 Å². The summed E-state index contributed by atoms with van der Waals surface area (Å²) in [7, 11) is 0. The van der Waals surface area contributed by atoms with Gasteiger partial charge in [-0.2, -0.15) is 0 Å². The lowest BCUT2D eigenvalue weighted by molar-refractivity contribution is 0.0395. The molecule has 1 aromatic carbocycles. The van der Waals surface area contributed by atoms with Crippen LogP contribution in [0.5, 0.6) is 0 Å². The van der Waals surface area contributed by atoms with Crippen molar-refractivity contribution >= 4 is 21.4 Å². The van der Waals surface area contributed by atoms with E-state index in [0.717, 1.165) is 19.6 Å². The number of fused-ring (bicyclic) bond motifs is 1. The highest BCUT2D eigenvalue weighted by atomic mass is 32.1. The van der Waals surface area contributed by atoms with Gasteiger partial charge in [-0.3, -0.25) is 11.3 Å². The summed E-state index contributed by atoms with van der Waals surface area (Å²) in [6, 6.07) is 10.9.